The maximum absolute atomic E-state index is 6.24. The summed E-state index contributed by atoms with van der Waals surface area (Å²) in [7, 11) is 1.70. The van der Waals surface area contributed by atoms with Crippen molar-refractivity contribution in [1.82, 2.24) is 15.1 Å². The van der Waals surface area contributed by atoms with Gasteiger partial charge in [-0.3, -0.25) is 4.68 Å². The van der Waals surface area contributed by atoms with Gasteiger partial charge in [-0.25, -0.2) is 0 Å². The molecule has 5 heteroatoms. The van der Waals surface area contributed by atoms with E-state index in [1.165, 1.54) is 6.42 Å². The van der Waals surface area contributed by atoms with Gasteiger partial charge in [0.2, 0.25) is 0 Å². The van der Waals surface area contributed by atoms with Crippen LogP contribution in [0.2, 0.25) is 5.02 Å². The summed E-state index contributed by atoms with van der Waals surface area (Å²) in [5.74, 6) is 0.739. The zero-order valence-corrected chi connectivity index (χ0v) is 11.2. The van der Waals surface area contributed by atoms with Crippen molar-refractivity contribution in [2.24, 2.45) is 5.92 Å². The summed E-state index contributed by atoms with van der Waals surface area (Å²) >= 11 is 6.24. The minimum atomic E-state index is 0.325. The Hall–Kier alpha value is -0.580. The molecule has 17 heavy (non-hydrogen) atoms. The molecule has 96 valence electrons. The lowest BCUT2D eigenvalue weighted by atomic mass is 9.92. The molecular formula is C12H20ClN3O. The molecule has 1 aliphatic heterocycles. The lowest BCUT2D eigenvalue weighted by Crippen LogP contribution is -2.32. The van der Waals surface area contributed by atoms with E-state index in [-0.39, 0.29) is 0 Å². The highest BCUT2D eigenvalue weighted by Crippen LogP contribution is 2.31. The van der Waals surface area contributed by atoms with E-state index < -0.39 is 0 Å². The van der Waals surface area contributed by atoms with Gasteiger partial charge in [-0.1, -0.05) is 18.5 Å². The van der Waals surface area contributed by atoms with Gasteiger partial charge in [-0.2, -0.15) is 5.10 Å². The van der Waals surface area contributed by atoms with E-state index in [0.29, 0.717) is 12.6 Å². The van der Waals surface area contributed by atoms with Gasteiger partial charge in [-0.15, -0.1) is 0 Å². The average molecular weight is 258 g/mol. The van der Waals surface area contributed by atoms with Crippen molar-refractivity contribution in [2.45, 2.75) is 32.4 Å². The van der Waals surface area contributed by atoms with E-state index >= 15 is 0 Å². The summed E-state index contributed by atoms with van der Waals surface area (Å²) in [5, 5.41) is 8.60. The molecule has 1 aromatic rings. The third-order valence-corrected chi connectivity index (χ3v) is 3.63. The molecule has 1 N–H and O–H groups in total. The molecular weight excluding hydrogens is 238 g/mol. The van der Waals surface area contributed by atoms with Crippen molar-refractivity contribution in [3.63, 3.8) is 0 Å². The molecule has 2 atom stereocenters. The summed E-state index contributed by atoms with van der Waals surface area (Å²) in [6.45, 7) is 4.76. The minimum absolute atomic E-state index is 0.325. The predicted octanol–water partition coefficient (Wildman–Crippen LogP) is 2.24. The third-order valence-electron chi connectivity index (χ3n) is 3.34. The zero-order chi connectivity index (χ0) is 12.3. The third kappa shape index (κ3) is 3.00. The van der Waals surface area contributed by atoms with E-state index in [9.17, 15) is 0 Å². The molecule has 2 rings (SSSR count). The van der Waals surface area contributed by atoms with Crippen molar-refractivity contribution in [1.29, 1.82) is 0 Å². The molecule has 0 radical (unpaired) electrons. The molecule has 1 aliphatic rings. The van der Waals surface area contributed by atoms with Crippen molar-refractivity contribution >= 4 is 11.6 Å². The van der Waals surface area contributed by atoms with Gasteiger partial charge in [0.05, 0.1) is 36.1 Å². The Kier molecular flexibility index (Phi) is 4.42. The van der Waals surface area contributed by atoms with Crippen molar-refractivity contribution in [3.8, 4) is 0 Å². The molecule has 0 bridgehead atoms. The number of rotatable bonds is 4. The predicted molar refractivity (Wildman–Crippen MR) is 68.3 cm³/mol. The second kappa shape index (κ2) is 5.85. The lowest BCUT2D eigenvalue weighted by molar-refractivity contribution is 0.180. The largest absolute Gasteiger partial charge is 0.383 e. The highest BCUT2D eigenvalue weighted by atomic mass is 35.5. The number of ether oxygens (including phenoxy) is 1. The molecule has 0 aromatic carbocycles. The Morgan fingerprint density at radius 1 is 1.65 bits per heavy atom. The van der Waals surface area contributed by atoms with Gasteiger partial charge in [0.1, 0.15) is 0 Å². The number of methoxy groups -OCH3 is 1. The van der Waals surface area contributed by atoms with Crippen LogP contribution in [0.15, 0.2) is 6.20 Å². The number of aromatic nitrogens is 2. The van der Waals surface area contributed by atoms with Crippen molar-refractivity contribution < 1.29 is 4.74 Å². The number of nitrogens with zero attached hydrogens (tertiary/aromatic N) is 2. The van der Waals surface area contributed by atoms with Crippen LogP contribution in [0.1, 0.15) is 31.5 Å². The van der Waals surface area contributed by atoms with E-state index in [1.54, 1.807) is 13.3 Å². The number of piperidine rings is 1. The van der Waals surface area contributed by atoms with E-state index in [4.69, 9.17) is 16.3 Å². The Morgan fingerprint density at radius 2 is 2.47 bits per heavy atom. The monoisotopic (exact) mass is 257 g/mol. The fraction of sp³-hybridized carbons (Fsp3) is 0.750. The maximum atomic E-state index is 6.24. The zero-order valence-electron chi connectivity index (χ0n) is 10.4. The van der Waals surface area contributed by atoms with Gasteiger partial charge in [0.15, 0.2) is 0 Å². The molecule has 2 unspecified atom stereocenters. The first-order chi connectivity index (χ1) is 8.22. The van der Waals surface area contributed by atoms with Crippen molar-refractivity contribution in [2.75, 3.05) is 20.3 Å². The summed E-state index contributed by atoms with van der Waals surface area (Å²) in [6, 6.07) is 0.325. The average Bonchev–Trinajstić information content (AvgIpc) is 2.68. The summed E-state index contributed by atoms with van der Waals surface area (Å²) in [5.41, 5.74) is 1.11. The Labute approximate surface area is 107 Å². The Bertz CT molecular complexity index is 367. The van der Waals surface area contributed by atoms with Crippen molar-refractivity contribution in [3.05, 3.63) is 16.9 Å². The van der Waals surface area contributed by atoms with E-state index in [0.717, 1.165) is 36.1 Å². The second-order valence-electron chi connectivity index (χ2n) is 4.73. The van der Waals surface area contributed by atoms with Crippen LogP contribution in [0, 0.1) is 5.92 Å². The molecule has 0 spiro atoms. The molecule has 1 saturated heterocycles. The molecule has 2 heterocycles. The lowest BCUT2D eigenvalue weighted by Gasteiger charge is -2.29. The highest BCUT2D eigenvalue weighted by Gasteiger charge is 2.25. The number of hydrogen-bond acceptors (Lipinski definition) is 3. The normalized spacial score (nSPS) is 25.1. The molecule has 1 fully saturated rings. The van der Waals surface area contributed by atoms with Crippen LogP contribution >= 0.6 is 11.6 Å². The Morgan fingerprint density at radius 3 is 3.18 bits per heavy atom. The summed E-state index contributed by atoms with van der Waals surface area (Å²) in [4.78, 5) is 0. The molecule has 4 nitrogen and oxygen atoms in total. The summed E-state index contributed by atoms with van der Waals surface area (Å²) < 4.78 is 7.05. The van der Waals surface area contributed by atoms with Crippen LogP contribution in [0.4, 0.5) is 0 Å². The van der Waals surface area contributed by atoms with Gasteiger partial charge in [-0.05, 0) is 25.3 Å². The van der Waals surface area contributed by atoms with E-state index in [1.807, 2.05) is 4.68 Å². The number of halogens is 1. The highest BCUT2D eigenvalue weighted by molar-refractivity contribution is 6.31. The maximum Gasteiger partial charge on any atom is 0.0834 e. The van der Waals surface area contributed by atoms with Gasteiger partial charge < -0.3 is 10.1 Å². The summed E-state index contributed by atoms with van der Waals surface area (Å²) in [6.07, 6.45) is 4.09. The smallest absolute Gasteiger partial charge is 0.0834 e. The number of nitrogens with one attached hydrogen (secondary N) is 1. The molecule has 0 saturated carbocycles. The SMILES string of the molecule is COCCn1ncc(Cl)c1C1CC(C)CCN1. The van der Waals surface area contributed by atoms with Crippen LogP contribution in [0.5, 0.6) is 0 Å². The quantitative estimate of drug-likeness (QED) is 0.899. The van der Waals surface area contributed by atoms with E-state index in [2.05, 4.69) is 17.3 Å². The second-order valence-corrected chi connectivity index (χ2v) is 5.14. The van der Waals surface area contributed by atoms with Crippen LogP contribution in [-0.4, -0.2) is 30.0 Å². The molecule has 0 aliphatic carbocycles. The Balaban J connectivity index is 2.14. The first kappa shape index (κ1) is 12.9. The fourth-order valence-electron chi connectivity index (χ4n) is 2.39. The van der Waals surface area contributed by atoms with Crippen LogP contribution in [0.25, 0.3) is 0 Å². The molecule has 1 aromatic heterocycles. The van der Waals surface area contributed by atoms with Gasteiger partial charge >= 0.3 is 0 Å². The fourth-order valence-corrected chi connectivity index (χ4v) is 2.66. The van der Waals surface area contributed by atoms with Crippen LogP contribution < -0.4 is 5.32 Å². The van der Waals surface area contributed by atoms with Gasteiger partial charge in [0, 0.05) is 7.11 Å². The topological polar surface area (TPSA) is 39.1 Å². The van der Waals surface area contributed by atoms with Crippen LogP contribution in [-0.2, 0) is 11.3 Å². The first-order valence-corrected chi connectivity index (χ1v) is 6.53. The standard InChI is InChI=1S/C12H20ClN3O/c1-9-3-4-14-11(7-9)12-10(13)8-15-16(12)5-6-17-2/h8-9,11,14H,3-7H2,1-2H3. The first-order valence-electron chi connectivity index (χ1n) is 6.16. The number of hydrogen-bond donors (Lipinski definition) is 1. The van der Waals surface area contributed by atoms with Crippen LogP contribution in [0.3, 0.4) is 0 Å². The minimum Gasteiger partial charge on any atom is -0.383 e. The van der Waals surface area contributed by atoms with Gasteiger partial charge in [0.25, 0.3) is 0 Å². The molecule has 0 amide bonds.